The maximum atomic E-state index is 11.4. The molecule has 0 heterocycles. The van der Waals surface area contributed by atoms with E-state index in [9.17, 15) is 4.79 Å². The first-order valence-corrected chi connectivity index (χ1v) is 6.26. The van der Waals surface area contributed by atoms with E-state index in [1.807, 2.05) is 12.1 Å². The summed E-state index contributed by atoms with van der Waals surface area (Å²) in [7, 11) is 0. The molecular formula is C14H21NO2. The highest BCUT2D eigenvalue weighted by Crippen LogP contribution is 2.12. The van der Waals surface area contributed by atoms with Gasteiger partial charge < -0.3 is 10.4 Å². The van der Waals surface area contributed by atoms with Crippen molar-refractivity contribution in [1.82, 2.24) is 0 Å². The van der Waals surface area contributed by atoms with E-state index >= 15 is 0 Å². The van der Waals surface area contributed by atoms with Crippen LogP contribution in [0.3, 0.4) is 0 Å². The van der Waals surface area contributed by atoms with E-state index < -0.39 is 0 Å². The lowest BCUT2D eigenvalue weighted by Crippen LogP contribution is -2.11. The predicted molar refractivity (Wildman–Crippen MR) is 70.0 cm³/mol. The molecule has 0 bridgehead atoms. The van der Waals surface area contributed by atoms with E-state index in [2.05, 4.69) is 24.4 Å². The van der Waals surface area contributed by atoms with Crippen LogP contribution in [0.2, 0.25) is 0 Å². The maximum absolute atomic E-state index is 11.4. The summed E-state index contributed by atoms with van der Waals surface area (Å²) in [5.74, 6) is -0.0413. The number of aliphatic hydroxyl groups excluding tert-OH is 1. The summed E-state index contributed by atoms with van der Waals surface area (Å²) in [4.78, 5) is 11.4. The minimum absolute atomic E-state index is 0.0413. The second kappa shape index (κ2) is 7.85. The van der Waals surface area contributed by atoms with Crippen LogP contribution in [0.4, 0.5) is 5.69 Å². The molecule has 1 amide bonds. The van der Waals surface area contributed by atoms with E-state index in [1.54, 1.807) is 0 Å². The van der Waals surface area contributed by atoms with Crippen LogP contribution >= 0.6 is 0 Å². The number of unbranched alkanes of at least 4 members (excludes halogenated alkanes) is 1. The van der Waals surface area contributed by atoms with Gasteiger partial charge in [0.15, 0.2) is 0 Å². The zero-order chi connectivity index (χ0) is 12.5. The number of nitrogens with one attached hydrogen (secondary N) is 1. The van der Waals surface area contributed by atoms with Crippen molar-refractivity contribution in [3.8, 4) is 0 Å². The fraction of sp³-hybridized carbons (Fsp3) is 0.500. The van der Waals surface area contributed by atoms with Gasteiger partial charge in [-0.3, -0.25) is 4.79 Å². The molecule has 0 aromatic heterocycles. The number of rotatable bonds is 7. The average Bonchev–Trinajstić information content (AvgIpc) is 2.35. The average molecular weight is 235 g/mol. The zero-order valence-corrected chi connectivity index (χ0v) is 10.4. The molecule has 94 valence electrons. The van der Waals surface area contributed by atoms with Gasteiger partial charge in [-0.2, -0.15) is 0 Å². The van der Waals surface area contributed by atoms with Crippen LogP contribution < -0.4 is 5.32 Å². The molecule has 1 aromatic rings. The van der Waals surface area contributed by atoms with E-state index in [0.717, 1.165) is 12.1 Å². The SMILES string of the molecule is CCCCc1ccc(NC(=O)CCCO)cc1. The molecule has 2 N–H and O–H groups in total. The Morgan fingerprint density at radius 2 is 1.94 bits per heavy atom. The second-order valence-electron chi connectivity index (χ2n) is 4.18. The molecule has 3 heteroatoms. The number of carbonyl (C=O) groups excluding carboxylic acids is 1. The summed E-state index contributed by atoms with van der Waals surface area (Å²) < 4.78 is 0. The fourth-order valence-corrected chi connectivity index (χ4v) is 1.60. The predicted octanol–water partition coefficient (Wildman–Crippen LogP) is 2.74. The van der Waals surface area contributed by atoms with Crippen molar-refractivity contribution >= 4 is 11.6 Å². The van der Waals surface area contributed by atoms with Crippen molar-refractivity contribution in [1.29, 1.82) is 0 Å². The van der Waals surface area contributed by atoms with E-state index in [0.29, 0.717) is 12.8 Å². The number of carbonyl (C=O) groups is 1. The number of hydrogen-bond donors (Lipinski definition) is 2. The number of anilines is 1. The number of aryl methyl sites for hydroxylation is 1. The Morgan fingerprint density at radius 3 is 2.53 bits per heavy atom. The van der Waals surface area contributed by atoms with E-state index in [-0.39, 0.29) is 12.5 Å². The third-order valence-corrected chi connectivity index (χ3v) is 2.62. The van der Waals surface area contributed by atoms with Crippen molar-refractivity contribution in [2.45, 2.75) is 39.0 Å². The van der Waals surface area contributed by atoms with Crippen LogP contribution in [0.5, 0.6) is 0 Å². The third kappa shape index (κ3) is 5.50. The second-order valence-corrected chi connectivity index (χ2v) is 4.18. The van der Waals surface area contributed by atoms with E-state index in [1.165, 1.54) is 18.4 Å². The lowest BCUT2D eigenvalue weighted by atomic mass is 10.1. The van der Waals surface area contributed by atoms with Crippen molar-refractivity contribution in [2.75, 3.05) is 11.9 Å². The number of amides is 1. The van der Waals surface area contributed by atoms with Gasteiger partial charge in [-0.25, -0.2) is 0 Å². The third-order valence-electron chi connectivity index (χ3n) is 2.62. The van der Waals surface area contributed by atoms with Crippen molar-refractivity contribution in [3.05, 3.63) is 29.8 Å². The number of benzene rings is 1. The standard InChI is InChI=1S/C14H21NO2/c1-2-3-5-12-7-9-13(10-8-12)15-14(17)6-4-11-16/h7-10,16H,2-6,11H2,1H3,(H,15,17). The van der Waals surface area contributed by atoms with Gasteiger partial charge in [0.2, 0.25) is 5.91 Å². The highest BCUT2D eigenvalue weighted by molar-refractivity contribution is 5.90. The first-order chi connectivity index (χ1) is 8.26. The molecule has 1 rings (SSSR count). The lowest BCUT2D eigenvalue weighted by molar-refractivity contribution is -0.116. The van der Waals surface area contributed by atoms with Gasteiger partial charge in [0.05, 0.1) is 0 Å². The summed E-state index contributed by atoms with van der Waals surface area (Å²) in [6.45, 7) is 2.24. The first kappa shape index (κ1) is 13.7. The zero-order valence-electron chi connectivity index (χ0n) is 10.4. The Labute approximate surface area is 103 Å². The highest BCUT2D eigenvalue weighted by atomic mass is 16.3. The summed E-state index contributed by atoms with van der Waals surface area (Å²) in [5.41, 5.74) is 2.13. The molecule has 0 aliphatic carbocycles. The number of hydrogen-bond acceptors (Lipinski definition) is 2. The van der Waals surface area contributed by atoms with Gasteiger partial charge in [-0.05, 0) is 37.0 Å². The lowest BCUT2D eigenvalue weighted by Gasteiger charge is -2.06. The van der Waals surface area contributed by atoms with Gasteiger partial charge in [-0.1, -0.05) is 25.5 Å². The van der Waals surface area contributed by atoms with Crippen LogP contribution in [0.1, 0.15) is 38.2 Å². The molecular weight excluding hydrogens is 214 g/mol. The number of aliphatic hydroxyl groups is 1. The first-order valence-electron chi connectivity index (χ1n) is 6.26. The highest BCUT2D eigenvalue weighted by Gasteiger charge is 2.01. The Morgan fingerprint density at radius 1 is 1.24 bits per heavy atom. The molecule has 0 spiro atoms. The van der Waals surface area contributed by atoms with Gasteiger partial charge in [-0.15, -0.1) is 0 Å². The summed E-state index contributed by atoms with van der Waals surface area (Å²) in [6.07, 6.45) is 4.37. The Kier molecular flexibility index (Phi) is 6.33. The summed E-state index contributed by atoms with van der Waals surface area (Å²) in [6, 6.07) is 7.97. The van der Waals surface area contributed by atoms with Gasteiger partial charge >= 0.3 is 0 Å². The summed E-state index contributed by atoms with van der Waals surface area (Å²) >= 11 is 0. The largest absolute Gasteiger partial charge is 0.396 e. The van der Waals surface area contributed by atoms with Crippen LogP contribution in [-0.4, -0.2) is 17.6 Å². The molecule has 0 saturated carbocycles. The van der Waals surface area contributed by atoms with Crippen molar-refractivity contribution in [2.24, 2.45) is 0 Å². The Balaban J connectivity index is 2.42. The molecule has 0 unspecified atom stereocenters. The normalized spacial score (nSPS) is 10.2. The molecule has 0 fully saturated rings. The minimum Gasteiger partial charge on any atom is -0.396 e. The molecule has 0 aliphatic rings. The van der Waals surface area contributed by atoms with Crippen molar-refractivity contribution < 1.29 is 9.90 Å². The molecule has 0 radical (unpaired) electrons. The minimum atomic E-state index is -0.0413. The fourth-order valence-electron chi connectivity index (χ4n) is 1.60. The monoisotopic (exact) mass is 235 g/mol. The maximum Gasteiger partial charge on any atom is 0.224 e. The van der Waals surface area contributed by atoms with Gasteiger partial charge in [0.1, 0.15) is 0 Å². The van der Waals surface area contributed by atoms with Crippen LogP contribution in [0, 0.1) is 0 Å². The topological polar surface area (TPSA) is 49.3 Å². The Bertz CT molecular complexity index is 333. The van der Waals surface area contributed by atoms with Crippen molar-refractivity contribution in [3.63, 3.8) is 0 Å². The smallest absolute Gasteiger partial charge is 0.224 e. The van der Waals surface area contributed by atoms with E-state index in [4.69, 9.17) is 5.11 Å². The molecule has 1 aromatic carbocycles. The molecule has 0 saturated heterocycles. The molecule has 3 nitrogen and oxygen atoms in total. The van der Waals surface area contributed by atoms with Crippen LogP contribution in [0.25, 0.3) is 0 Å². The molecule has 0 atom stereocenters. The van der Waals surface area contributed by atoms with Gasteiger partial charge in [0.25, 0.3) is 0 Å². The molecule has 17 heavy (non-hydrogen) atoms. The van der Waals surface area contributed by atoms with Crippen LogP contribution in [-0.2, 0) is 11.2 Å². The van der Waals surface area contributed by atoms with Crippen LogP contribution in [0.15, 0.2) is 24.3 Å². The Hall–Kier alpha value is -1.35. The summed E-state index contributed by atoms with van der Waals surface area (Å²) in [5, 5.41) is 11.4. The quantitative estimate of drug-likeness (QED) is 0.763. The van der Waals surface area contributed by atoms with Gasteiger partial charge in [0, 0.05) is 18.7 Å². The molecule has 0 aliphatic heterocycles.